The van der Waals surface area contributed by atoms with Crippen molar-refractivity contribution in [1.82, 2.24) is 0 Å². The highest BCUT2D eigenvalue weighted by Gasteiger charge is 2.34. The molecule has 1 heteroatoms. The summed E-state index contributed by atoms with van der Waals surface area (Å²) in [6, 6.07) is 0. The lowest BCUT2D eigenvalue weighted by molar-refractivity contribution is -0.121. The van der Waals surface area contributed by atoms with E-state index in [-0.39, 0.29) is 5.92 Å². The van der Waals surface area contributed by atoms with E-state index in [1.807, 2.05) is 0 Å². The van der Waals surface area contributed by atoms with Crippen molar-refractivity contribution < 1.29 is 4.79 Å². The standard InChI is InChI=1S/C22H34O/c1-5-16-11-9-12-17(6-2)20(16)15-21(23)22-18(7-3)13-10-14-19(22)8-4/h9-11,13,15-19,22H,5-8,12,14H2,1-4H3. The molecule has 0 heterocycles. The van der Waals surface area contributed by atoms with Crippen LogP contribution in [-0.2, 0) is 4.79 Å². The van der Waals surface area contributed by atoms with Gasteiger partial charge < -0.3 is 0 Å². The van der Waals surface area contributed by atoms with Gasteiger partial charge in [-0.3, -0.25) is 4.79 Å². The number of ketones is 1. The van der Waals surface area contributed by atoms with Gasteiger partial charge in [0, 0.05) is 5.92 Å². The van der Waals surface area contributed by atoms with E-state index in [1.165, 1.54) is 5.57 Å². The van der Waals surface area contributed by atoms with Gasteiger partial charge >= 0.3 is 0 Å². The highest BCUT2D eigenvalue weighted by Crippen LogP contribution is 2.38. The highest BCUT2D eigenvalue weighted by atomic mass is 16.1. The van der Waals surface area contributed by atoms with Gasteiger partial charge in [0.2, 0.25) is 0 Å². The molecule has 0 radical (unpaired) electrons. The summed E-state index contributed by atoms with van der Waals surface area (Å²) >= 11 is 0. The van der Waals surface area contributed by atoms with E-state index in [0.717, 1.165) is 38.5 Å². The summed E-state index contributed by atoms with van der Waals surface area (Å²) in [6.07, 6.45) is 17.9. The lowest BCUT2D eigenvalue weighted by Gasteiger charge is -2.33. The van der Waals surface area contributed by atoms with Gasteiger partial charge in [0.15, 0.2) is 5.78 Å². The SMILES string of the molecule is CCC1C=CCC(CC)C1=CC(=O)C1C(CC)C=CCC1CC. The van der Waals surface area contributed by atoms with Crippen molar-refractivity contribution in [1.29, 1.82) is 0 Å². The quantitative estimate of drug-likeness (QED) is 0.426. The Balaban J connectivity index is 2.29. The van der Waals surface area contributed by atoms with Crippen molar-refractivity contribution in [3.63, 3.8) is 0 Å². The number of carbonyl (C=O) groups excluding carboxylic acids is 1. The first kappa shape index (κ1) is 18.2. The monoisotopic (exact) mass is 314 g/mol. The lowest BCUT2D eigenvalue weighted by atomic mass is 9.70. The zero-order valence-corrected chi connectivity index (χ0v) is 15.4. The van der Waals surface area contributed by atoms with Crippen LogP contribution in [0.15, 0.2) is 36.0 Å². The van der Waals surface area contributed by atoms with E-state index in [0.29, 0.717) is 29.5 Å². The fourth-order valence-electron chi connectivity index (χ4n) is 4.51. The average Bonchev–Trinajstić information content (AvgIpc) is 2.60. The molecule has 128 valence electrons. The first-order chi connectivity index (χ1) is 11.2. The molecule has 0 aromatic heterocycles. The molecular weight excluding hydrogens is 280 g/mol. The largest absolute Gasteiger partial charge is 0.295 e. The van der Waals surface area contributed by atoms with Crippen LogP contribution < -0.4 is 0 Å². The predicted octanol–water partition coefficient (Wildman–Crippen LogP) is 6.12. The second-order valence-corrected chi connectivity index (χ2v) is 7.26. The van der Waals surface area contributed by atoms with Gasteiger partial charge in [-0.2, -0.15) is 0 Å². The summed E-state index contributed by atoms with van der Waals surface area (Å²) in [6.45, 7) is 8.94. The molecule has 5 unspecified atom stereocenters. The minimum atomic E-state index is 0.198. The van der Waals surface area contributed by atoms with E-state index in [4.69, 9.17) is 0 Å². The van der Waals surface area contributed by atoms with E-state index in [2.05, 4.69) is 58.1 Å². The maximum Gasteiger partial charge on any atom is 0.159 e. The van der Waals surface area contributed by atoms with Gasteiger partial charge in [-0.15, -0.1) is 0 Å². The lowest BCUT2D eigenvalue weighted by Crippen LogP contribution is -2.32. The zero-order valence-electron chi connectivity index (χ0n) is 15.4. The summed E-state index contributed by atoms with van der Waals surface area (Å²) in [7, 11) is 0. The molecule has 0 spiro atoms. The average molecular weight is 315 g/mol. The molecular formula is C22H34O. The smallest absolute Gasteiger partial charge is 0.159 e. The van der Waals surface area contributed by atoms with E-state index < -0.39 is 0 Å². The molecule has 2 rings (SSSR count). The molecule has 0 saturated carbocycles. The first-order valence-corrected chi connectivity index (χ1v) is 9.74. The number of carbonyl (C=O) groups is 1. The molecule has 0 aromatic rings. The number of allylic oxidation sites excluding steroid dienone is 6. The molecule has 2 aliphatic carbocycles. The highest BCUT2D eigenvalue weighted by molar-refractivity contribution is 5.93. The van der Waals surface area contributed by atoms with Crippen molar-refractivity contribution in [2.75, 3.05) is 0 Å². The Morgan fingerprint density at radius 1 is 1.00 bits per heavy atom. The zero-order chi connectivity index (χ0) is 16.8. The van der Waals surface area contributed by atoms with Crippen molar-refractivity contribution >= 4 is 5.78 Å². The summed E-state index contributed by atoms with van der Waals surface area (Å²) in [5.41, 5.74) is 1.40. The molecule has 23 heavy (non-hydrogen) atoms. The summed E-state index contributed by atoms with van der Waals surface area (Å²) < 4.78 is 0. The molecule has 0 amide bonds. The third-order valence-corrected chi connectivity index (χ3v) is 6.05. The number of rotatable bonds is 6. The minimum absolute atomic E-state index is 0.198. The Kier molecular flexibility index (Phi) is 6.87. The summed E-state index contributed by atoms with van der Waals surface area (Å²) in [5.74, 6) is 2.58. The van der Waals surface area contributed by atoms with Crippen LogP contribution in [0.3, 0.4) is 0 Å². The van der Waals surface area contributed by atoms with Crippen LogP contribution in [0.25, 0.3) is 0 Å². The van der Waals surface area contributed by atoms with Crippen LogP contribution in [-0.4, -0.2) is 5.78 Å². The molecule has 0 aliphatic heterocycles. The Hall–Kier alpha value is -1.11. The first-order valence-electron chi connectivity index (χ1n) is 9.74. The van der Waals surface area contributed by atoms with E-state index in [1.54, 1.807) is 0 Å². The number of hydrogen-bond donors (Lipinski definition) is 0. The Morgan fingerprint density at radius 2 is 1.74 bits per heavy atom. The number of hydrogen-bond acceptors (Lipinski definition) is 1. The second-order valence-electron chi connectivity index (χ2n) is 7.26. The van der Waals surface area contributed by atoms with Crippen LogP contribution in [0.2, 0.25) is 0 Å². The Bertz CT molecular complexity index is 480. The Labute approximate surface area is 142 Å². The molecule has 1 nitrogen and oxygen atoms in total. The van der Waals surface area contributed by atoms with Crippen LogP contribution in [0.1, 0.15) is 66.2 Å². The molecule has 0 N–H and O–H groups in total. The fraction of sp³-hybridized carbons (Fsp3) is 0.682. The topological polar surface area (TPSA) is 17.1 Å². The van der Waals surface area contributed by atoms with Gasteiger partial charge in [0.25, 0.3) is 0 Å². The Morgan fingerprint density at radius 3 is 2.35 bits per heavy atom. The third-order valence-electron chi connectivity index (χ3n) is 6.05. The van der Waals surface area contributed by atoms with Gasteiger partial charge in [-0.25, -0.2) is 0 Å². The van der Waals surface area contributed by atoms with Gasteiger partial charge in [-0.1, -0.05) is 64.0 Å². The van der Waals surface area contributed by atoms with Crippen molar-refractivity contribution in [3.05, 3.63) is 36.0 Å². The van der Waals surface area contributed by atoms with Crippen LogP contribution in [0.4, 0.5) is 0 Å². The minimum Gasteiger partial charge on any atom is -0.295 e. The van der Waals surface area contributed by atoms with Crippen molar-refractivity contribution in [2.24, 2.45) is 29.6 Å². The molecule has 0 aromatic carbocycles. The van der Waals surface area contributed by atoms with E-state index in [9.17, 15) is 4.79 Å². The van der Waals surface area contributed by atoms with E-state index >= 15 is 0 Å². The summed E-state index contributed by atoms with van der Waals surface area (Å²) in [5, 5.41) is 0. The molecule has 0 saturated heterocycles. The van der Waals surface area contributed by atoms with Crippen LogP contribution >= 0.6 is 0 Å². The fourth-order valence-corrected chi connectivity index (χ4v) is 4.51. The van der Waals surface area contributed by atoms with Gasteiger partial charge in [-0.05, 0) is 61.9 Å². The van der Waals surface area contributed by atoms with Crippen LogP contribution in [0, 0.1) is 29.6 Å². The maximum absolute atomic E-state index is 13.2. The molecule has 2 aliphatic rings. The third kappa shape index (κ3) is 4.05. The molecule has 5 atom stereocenters. The molecule has 0 fully saturated rings. The predicted molar refractivity (Wildman–Crippen MR) is 99.2 cm³/mol. The van der Waals surface area contributed by atoms with Gasteiger partial charge in [0.05, 0.1) is 0 Å². The van der Waals surface area contributed by atoms with Crippen LogP contribution in [0.5, 0.6) is 0 Å². The van der Waals surface area contributed by atoms with Crippen molar-refractivity contribution in [2.45, 2.75) is 66.2 Å². The second kappa shape index (κ2) is 8.66. The van der Waals surface area contributed by atoms with Crippen molar-refractivity contribution in [3.8, 4) is 0 Å². The summed E-state index contributed by atoms with van der Waals surface area (Å²) in [4.78, 5) is 13.2. The maximum atomic E-state index is 13.2. The van der Waals surface area contributed by atoms with Gasteiger partial charge in [0.1, 0.15) is 0 Å². The normalized spacial score (nSPS) is 35.7. The molecule has 0 bridgehead atoms.